The van der Waals surface area contributed by atoms with Gasteiger partial charge in [0.15, 0.2) is 5.13 Å². The molecule has 1 aliphatic carbocycles. The van der Waals surface area contributed by atoms with Crippen LogP contribution in [0.25, 0.3) is 0 Å². The topological polar surface area (TPSA) is 45.2 Å². The fourth-order valence-corrected chi connectivity index (χ4v) is 4.68. The number of nitrogens with zero attached hydrogens (tertiary/aromatic N) is 2. The maximum atomic E-state index is 12.7. The van der Waals surface area contributed by atoms with Crippen LogP contribution in [0.2, 0.25) is 0 Å². The molecule has 0 radical (unpaired) electrons. The highest BCUT2D eigenvalue weighted by atomic mass is 35.5. The van der Waals surface area contributed by atoms with Gasteiger partial charge in [0.1, 0.15) is 0 Å². The molecule has 0 saturated carbocycles. The lowest BCUT2D eigenvalue weighted by Gasteiger charge is -2.24. The van der Waals surface area contributed by atoms with Gasteiger partial charge in [-0.2, -0.15) is 0 Å². The van der Waals surface area contributed by atoms with Gasteiger partial charge in [0.05, 0.1) is 5.69 Å². The summed E-state index contributed by atoms with van der Waals surface area (Å²) >= 11 is 1.71. The number of amides is 1. The van der Waals surface area contributed by atoms with Crippen LogP contribution in [-0.4, -0.2) is 30.5 Å². The number of hydrogen-bond acceptors (Lipinski definition) is 4. The minimum absolute atomic E-state index is 0. The zero-order valence-electron chi connectivity index (χ0n) is 14.3. The Morgan fingerprint density at radius 1 is 1.33 bits per heavy atom. The van der Waals surface area contributed by atoms with E-state index >= 15 is 0 Å². The largest absolute Gasteiger partial charge is 0.317 e. The summed E-state index contributed by atoms with van der Waals surface area (Å²) in [6.07, 6.45) is 10.5. The van der Waals surface area contributed by atoms with Crippen molar-refractivity contribution in [1.29, 1.82) is 0 Å². The van der Waals surface area contributed by atoms with Gasteiger partial charge in [-0.05, 0) is 64.0 Å². The summed E-state index contributed by atoms with van der Waals surface area (Å²) in [7, 11) is 0. The third kappa shape index (κ3) is 4.80. The Kier molecular flexibility index (Phi) is 7.72. The molecule has 1 amide bonds. The van der Waals surface area contributed by atoms with Gasteiger partial charge in [-0.3, -0.25) is 9.69 Å². The monoisotopic (exact) mass is 369 g/mol. The van der Waals surface area contributed by atoms with Gasteiger partial charge in [-0.15, -0.1) is 30.3 Å². The van der Waals surface area contributed by atoms with E-state index in [-0.39, 0.29) is 18.3 Å². The van der Waals surface area contributed by atoms with Crippen LogP contribution >= 0.6 is 23.7 Å². The van der Waals surface area contributed by atoms with E-state index in [0.29, 0.717) is 18.9 Å². The van der Waals surface area contributed by atoms with Crippen molar-refractivity contribution in [3.05, 3.63) is 23.2 Å². The molecule has 0 unspecified atom stereocenters. The molecule has 3 rings (SSSR count). The average molecular weight is 370 g/mol. The third-order valence-corrected chi connectivity index (χ3v) is 6.08. The molecule has 1 N–H and O–H groups in total. The molecule has 1 aliphatic heterocycles. The van der Waals surface area contributed by atoms with Gasteiger partial charge in [-0.25, -0.2) is 4.98 Å². The van der Waals surface area contributed by atoms with E-state index in [4.69, 9.17) is 4.98 Å². The van der Waals surface area contributed by atoms with E-state index in [1.54, 1.807) is 11.3 Å². The number of hydrogen-bond donors (Lipinski definition) is 1. The molecule has 1 aromatic rings. The lowest BCUT2D eigenvalue weighted by Crippen LogP contribution is -2.32. The van der Waals surface area contributed by atoms with E-state index in [9.17, 15) is 4.79 Å². The Bertz CT molecular complexity index is 531. The van der Waals surface area contributed by atoms with Crippen molar-refractivity contribution in [3.8, 4) is 0 Å². The van der Waals surface area contributed by atoms with Crippen molar-refractivity contribution in [3.63, 3.8) is 0 Å². The maximum Gasteiger partial charge on any atom is 0.229 e. The van der Waals surface area contributed by atoms with Gasteiger partial charge < -0.3 is 5.32 Å². The second-order valence-electron chi connectivity index (χ2n) is 6.60. The van der Waals surface area contributed by atoms with Crippen molar-refractivity contribution >= 4 is 34.8 Å². The number of piperidine rings is 1. The van der Waals surface area contributed by atoms with Crippen LogP contribution in [0.15, 0.2) is 12.7 Å². The average Bonchev–Trinajstić information content (AvgIpc) is 3.02. The number of carbonyl (C=O) groups is 1. The number of halogens is 1. The van der Waals surface area contributed by atoms with Gasteiger partial charge in [0.25, 0.3) is 0 Å². The summed E-state index contributed by atoms with van der Waals surface area (Å²) in [5, 5.41) is 4.26. The van der Waals surface area contributed by atoms with Crippen LogP contribution in [0.3, 0.4) is 0 Å². The van der Waals surface area contributed by atoms with Crippen LogP contribution in [0.5, 0.6) is 0 Å². The number of nitrogens with one attached hydrogen (secondary N) is 1. The molecule has 24 heavy (non-hydrogen) atoms. The quantitative estimate of drug-likeness (QED) is 0.777. The summed E-state index contributed by atoms with van der Waals surface area (Å²) in [5.41, 5.74) is 1.22. The van der Waals surface area contributed by atoms with Crippen molar-refractivity contribution in [2.24, 2.45) is 5.92 Å². The normalized spacial score (nSPS) is 17.7. The molecule has 1 aromatic heterocycles. The number of rotatable bonds is 6. The standard InChI is InChI=1S/C18H27N3OS.ClH/c1-2-13-21(17(22)8-7-14-9-11-19-12-10-14)18-20-15-5-3-4-6-16(15)23-18;/h2,14,19H,1,3-13H2;1H. The fourth-order valence-electron chi connectivity index (χ4n) is 3.50. The highest BCUT2D eigenvalue weighted by Crippen LogP contribution is 2.32. The Labute approximate surface area is 155 Å². The van der Waals surface area contributed by atoms with Crippen LogP contribution in [0, 0.1) is 5.92 Å². The van der Waals surface area contributed by atoms with Gasteiger partial charge in [0.2, 0.25) is 5.91 Å². The second-order valence-corrected chi connectivity index (χ2v) is 7.66. The van der Waals surface area contributed by atoms with E-state index in [2.05, 4.69) is 11.9 Å². The maximum absolute atomic E-state index is 12.7. The molecule has 2 heterocycles. The number of carbonyl (C=O) groups excluding carboxylic acids is 1. The zero-order valence-corrected chi connectivity index (χ0v) is 15.9. The first-order chi connectivity index (χ1) is 11.3. The Hall–Kier alpha value is -0.910. The minimum atomic E-state index is 0. The van der Waals surface area contributed by atoms with Gasteiger partial charge >= 0.3 is 0 Å². The SMILES string of the molecule is C=CCN(C(=O)CCC1CCNCC1)c1nc2c(s1)CCCC2.Cl. The van der Waals surface area contributed by atoms with Crippen LogP contribution in [-0.2, 0) is 17.6 Å². The molecule has 4 nitrogen and oxygen atoms in total. The van der Waals surface area contributed by atoms with Crippen LogP contribution in [0.4, 0.5) is 5.13 Å². The highest BCUT2D eigenvalue weighted by Gasteiger charge is 2.23. The van der Waals surface area contributed by atoms with Crippen molar-refractivity contribution < 1.29 is 4.79 Å². The molecule has 2 aliphatic rings. The number of aryl methyl sites for hydroxylation is 2. The number of aromatic nitrogens is 1. The smallest absolute Gasteiger partial charge is 0.229 e. The lowest BCUT2D eigenvalue weighted by atomic mass is 9.93. The van der Waals surface area contributed by atoms with Crippen molar-refractivity contribution in [2.45, 2.75) is 51.4 Å². The first-order valence-corrected chi connectivity index (χ1v) is 9.70. The molecule has 134 valence electrons. The van der Waals surface area contributed by atoms with E-state index in [0.717, 1.165) is 37.5 Å². The fraction of sp³-hybridized carbons (Fsp3) is 0.667. The van der Waals surface area contributed by atoms with Crippen molar-refractivity contribution in [1.82, 2.24) is 10.3 Å². The Morgan fingerprint density at radius 2 is 2.08 bits per heavy atom. The third-order valence-electron chi connectivity index (χ3n) is 4.90. The first-order valence-electron chi connectivity index (χ1n) is 8.88. The predicted molar refractivity (Wildman–Crippen MR) is 103 cm³/mol. The van der Waals surface area contributed by atoms with E-state index < -0.39 is 0 Å². The lowest BCUT2D eigenvalue weighted by molar-refractivity contribution is -0.118. The molecule has 1 saturated heterocycles. The summed E-state index contributed by atoms with van der Waals surface area (Å²) in [4.78, 5) is 20.7. The van der Waals surface area contributed by atoms with Crippen molar-refractivity contribution in [2.75, 3.05) is 24.5 Å². The summed E-state index contributed by atoms with van der Waals surface area (Å²) < 4.78 is 0. The van der Waals surface area contributed by atoms with Gasteiger partial charge in [-0.1, -0.05) is 6.08 Å². The number of anilines is 1. The van der Waals surface area contributed by atoms with Crippen LogP contribution in [0.1, 0.15) is 49.1 Å². The molecule has 0 spiro atoms. The summed E-state index contributed by atoms with van der Waals surface area (Å²) in [6, 6.07) is 0. The predicted octanol–water partition coefficient (Wildman–Crippen LogP) is 3.74. The molecule has 1 fully saturated rings. The number of thiazole rings is 1. The molecular weight excluding hydrogens is 342 g/mol. The highest BCUT2D eigenvalue weighted by molar-refractivity contribution is 7.16. The minimum Gasteiger partial charge on any atom is -0.317 e. The van der Waals surface area contributed by atoms with Crippen LogP contribution < -0.4 is 10.2 Å². The Balaban J connectivity index is 0.00000208. The van der Waals surface area contributed by atoms with Gasteiger partial charge in [0, 0.05) is 17.8 Å². The van der Waals surface area contributed by atoms with E-state index in [1.807, 2.05) is 11.0 Å². The molecule has 0 bridgehead atoms. The molecule has 6 heteroatoms. The number of fused-ring (bicyclic) bond motifs is 1. The molecule has 0 atom stereocenters. The molecule has 0 aromatic carbocycles. The summed E-state index contributed by atoms with van der Waals surface area (Å²) in [5.74, 6) is 0.893. The zero-order chi connectivity index (χ0) is 16.1. The molecular formula is C18H28ClN3OS. The Morgan fingerprint density at radius 3 is 2.79 bits per heavy atom. The van der Waals surface area contributed by atoms with E-state index in [1.165, 1.54) is 36.3 Å². The summed E-state index contributed by atoms with van der Waals surface area (Å²) in [6.45, 7) is 6.57. The first kappa shape index (κ1) is 19.4. The second kappa shape index (κ2) is 9.54.